The number of carbonyl (C=O) groups excluding carboxylic acids is 1. The number of nitrogens with zero attached hydrogens (tertiary/aromatic N) is 2. The molecule has 0 atom stereocenters. The van der Waals surface area contributed by atoms with E-state index in [4.69, 9.17) is 9.15 Å². The third-order valence-corrected chi connectivity index (χ3v) is 4.26. The number of carbonyl (C=O) groups is 1. The molecule has 0 fully saturated rings. The minimum atomic E-state index is -0.702. The Balaban J connectivity index is 1.79. The molecule has 1 amide bonds. The number of rotatable bonds is 5. The summed E-state index contributed by atoms with van der Waals surface area (Å²) < 4.78 is 10.0. The van der Waals surface area contributed by atoms with E-state index in [1.807, 2.05) is 31.2 Å². The van der Waals surface area contributed by atoms with E-state index in [-0.39, 0.29) is 5.76 Å². The molecule has 0 aliphatic rings. The van der Waals surface area contributed by atoms with Crippen molar-refractivity contribution < 1.29 is 18.9 Å². The monoisotopic (exact) mass is 359 g/mol. The standard InChI is InChI=1S/C16H13N3O5S/c1-9-14(10-3-5-11(23-2)6-4-10)17-16(25-9)18-15(20)12-7-8-13(24-12)19(21)22/h3-8H,1-2H3,(H,17,18,20). The number of furan rings is 1. The maximum atomic E-state index is 12.1. The number of benzene rings is 1. The summed E-state index contributed by atoms with van der Waals surface area (Å²) in [5.74, 6) is -0.488. The second-order valence-electron chi connectivity index (χ2n) is 5.00. The van der Waals surface area contributed by atoms with Crippen molar-refractivity contribution in [3.63, 3.8) is 0 Å². The number of ether oxygens (including phenoxy) is 1. The van der Waals surface area contributed by atoms with Crippen molar-refractivity contribution in [1.82, 2.24) is 4.98 Å². The van der Waals surface area contributed by atoms with Crippen LogP contribution in [0.25, 0.3) is 11.3 Å². The van der Waals surface area contributed by atoms with Crippen molar-refractivity contribution in [2.45, 2.75) is 6.92 Å². The van der Waals surface area contributed by atoms with Crippen molar-refractivity contribution in [2.75, 3.05) is 12.4 Å². The molecule has 1 aromatic carbocycles. The summed E-state index contributed by atoms with van der Waals surface area (Å²) >= 11 is 1.31. The smallest absolute Gasteiger partial charge is 0.433 e. The van der Waals surface area contributed by atoms with Crippen LogP contribution in [0.3, 0.4) is 0 Å². The number of aryl methyl sites for hydroxylation is 1. The van der Waals surface area contributed by atoms with Crippen molar-refractivity contribution in [3.8, 4) is 17.0 Å². The summed E-state index contributed by atoms with van der Waals surface area (Å²) in [4.78, 5) is 27.4. The van der Waals surface area contributed by atoms with Crippen LogP contribution >= 0.6 is 11.3 Å². The predicted molar refractivity (Wildman–Crippen MR) is 92.2 cm³/mol. The van der Waals surface area contributed by atoms with E-state index in [9.17, 15) is 14.9 Å². The molecule has 1 N–H and O–H groups in total. The van der Waals surface area contributed by atoms with Crippen LogP contribution in [-0.2, 0) is 0 Å². The molecular formula is C16H13N3O5S. The molecular weight excluding hydrogens is 346 g/mol. The van der Waals surface area contributed by atoms with Gasteiger partial charge < -0.3 is 9.15 Å². The first-order valence-electron chi connectivity index (χ1n) is 7.15. The molecule has 0 saturated heterocycles. The lowest BCUT2D eigenvalue weighted by Crippen LogP contribution is -2.10. The first-order valence-corrected chi connectivity index (χ1v) is 7.97. The van der Waals surface area contributed by atoms with Gasteiger partial charge in [0.1, 0.15) is 10.7 Å². The lowest BCUT2D eigenvalue weighted by Gasteiger charge is -2.01. The second kappa shape index (κ2) is 6.73. The third-order valence-electron chi connectivity index (χ3n) is 3.38. The summed E-state index contributed by atoms with van der Waals surface area (Å²) in [5, 5.41) is 13.6. The van der Waals surface area contributed by atoms with Crippen molar-refractivity contribution in [2.24, 2.45) is 0 Å². The molecule has 25 heavy (non-hydrogen) atoms. The maximum Gasteiger partial charge on any atom is 0.433 e. The number of amides is 1. The van der Waals surface area contributed by atoms with Crippen LogP contribution in [0.5, 0.6) is 5.75 Å². The van der Waals surface area contributed by atoms with Crippen LogP contribution < -0.4 is 10.1 Å². The average molecular weight is 359 g/mol. The zero-order valence-electron chi connectivity index (χ0n) is 13.3. The predicted octanol–water partition coefficient (Wildman–Crippen LogP) is 3.88. The molecule has 2 aromatic heterocycles. The van der Waals surface area contributed by atoms with Gasteiger partial charge in [-0.1, -0.05) is 0 Å². The number of nitrogens with one attached hydrogen (secondary N) is 1. The summed E-state index contributed by atoms with van der Waals surface area (Å²) in [6, 6.07) is 9.79. The topological polar surface area (TPSA) is 108 Å². The van der Waals surface area contributed by atoms with E-state index in [0.29, 0.717) is 5.13 Å². The molecule has 3 aromatic rings. The molecule has 0 aliphatic carbocycles. The fourth-order valence-corrected chi connectivity index (χ4v) is 3.00. The quantitative estimate of drug-likeness (QED) is 0.547. The van der Waals surface area contributed by atoms with Gasteiger partial charge in [-0.15, -0.1) is 11.3 Å². The van der Waals surface area contributed by atoms with Gasteiger partial charge in [0.2, 0.25) is 0 Å². The van der Waals surface area contributed by atoms with Crippen LogP contribution in [0.2, 0.25) is 0 Å². The highest BCUT2D eigenvalue weighted by Gasteiger charge is 2.19. The summed E-state index contributed by atoms with van der Waals surface area (Å²) in [6.07, 6.45) is 0. The second-order valence-corrected chi connectivity index (χ2v) is 6.20. The maximum absolute atomic E-state index is 12.1. The number of nitro groups is 1. The van der Waals surface area contributed by atoms with Crippen molar-refractivity contribution >= 4 is 28.3 Å². The Morgan fingerprint density at radius 2 is 2.00 bits per heavy atom. The van der Waals surface area contributed by atoms with Gasteiger partial charge in [-0.25, -0.2) is 4.98 Å². The van der Waals surface area contributed by atoms with Crippen LogP contribution in [0.1, 0.15) is 15.4 Å². The zero-order chi connectivity index (χ0) is 18.0. The molecule has 128 valence electrons. The largest absolute Gasteiger partial charge is 0.497 e. The summed E-state index contributed by atoms with van der Waals surface area (Å²) in [5.41, 5.74) is 1.64. The third kappa shape index (κ3) is 3.50. The summed E-state index contributed by atoms with van der Waals surface area (Å²) in [6.45, 7) is 1.89. The SMILES string of the molecule is COc1ccc(-c2nc(NC(=O)c3ccc([N+](=O)[O-])o3)sc2C)cc1. The normalized spacial score (nSPS) is 10.5. The van der Waals surface area contributed by atoms with Crippen molar-refractivity contribution in [1.29, 1.82) is 0 Å². The van der Waals surface area contributed by atoms with E-state index >= 15 is 0 Å². The van der Waals surface area contributed by atoms with E-state index in [1.54, 1.807) is 7.11 Å². The number of methoxy groups -OCH3 is 1. The van der Waals surface area contributed by atoms with Crippen LogP contribution in [-0.4, -0.2) is 22.9 Å². The Labute approximate surface area is 146 Å². The van der Waals surface area contributed by atoms with Crippen molar-refractivity contribution in [3.05, 3.63) is 57.1 Å². The fraction of sp³-hybridized carbons (Fsp3) is 0.125. The lowest BCUT2D eigenvalue weighted by molar-refractivity contribution is -0.402. The molecule has 0 aliphatic heterocycles. The highest BCUT2D eigenvalue weighted by molar-refractivity contribution is 7.16. The van der Waals surface area contributed by atoms with Gasteiger partial charge in [-0.2, -0.15) is 0 Å². The first-order chi connectivity index (χ1) is 12.0. The molecule has 0 unspecified atom stereocenters. The van der Waals surface area contributed by atoms with Crippen LogP contribution in [0, 0.1) is 17.0 Å². The lowest BCUT2D eigenvalue weighted by atomic mass is 10.1. The zero-order valence-corrected chi connectivity index (χ0v) is 14.1. The van der Waals surface area contributed by atoms with Gasteiger partial charge in [0.25, 0.3) is 5.91 Å². The van der Waals surface area contributed by atoms with Gasteiger partial charge in [-0.05, 0) is 37.3 Å². The van der Waals surface area contributed by atoms with E-state index < -0.39 is 16.7 Å². The Morgan fingerprint density at radius 1 is 1.28 bits per heavy atom. The van der Waals surface area contributed by atoms with Crippen LogP contribution in [0.4, 0.5) is 11.0 Å². The van der Waals surface area contributed by atoms with Gasteiger partial charge in [0.15, 0.2) is 10.9 Å². The van der Waals surface area contributed by atoms with E-state index in [0.717, 1.165) is 28.0 Å². The van der Waals surface area contributed by atoms with Gasteiger partial charge in [0, 0.05) is 10.4 Å². The molecule has 0 radical (unpaired) electrons. The summed E-state index contributed by atoms with van der Waals surface area (Å²) in [7, 11) is 1.59. The van der Waals surface area contributed by atoms with Gasteiger partial charge in [0.05, 0.1) is 18.9 Å². The average Bonchev–Trinajstić information content (AvgIpc) is 3.22. The number of aromatic nitrogens is 1. The minimum Gasteiger partial charge on any atom is -0.497 e. The fourth-order valence-electron chi connectivity index (χ4n) is 2.17. The highest BCUT2D eigenvalue weighted by Crippen LogP contribution is 2.31. The van der Waals surface area contributed by atoms with E-state index in [1.165, 1.54) is 17.4 Å². The van der Waals surface area contributed by atoms with Crippen LogP contribution in [0.15, 0.2) is 40.8 Å². The first kappa shape index (κ1) is 16.7. The Hall–Kier alpha value is -3.20. The molecule has 0 spiro atoms. The number of anilines is 1. The Bertz CT molecular complexity index is 930. The number of thiazole rings is 1. The molecule has 0 bridgehead atoms. The number of hydrogen-bond donors (Lipinski definition) is 1. The van der Waals surface area contributed by atoms with Gasteiger partial charge >= 0.3 is 5.88 Å². The minimum absolute atomic E-state index is 0.148. The highest BCUT2D eigenvalue weighted by atomic mass is 32.1. The van der Waals surface area contributed by atoms with Gasteiger partial charge in [-0.3, -0.25) is 20.2 Å². The molecule has 8 nitrogen and oxygen atoms in total. The Kier molecular flexibility index (Phi) is 4.48. The molecule has 3 rings (SSSR count). The Morgan fingerprint density at radius 3 is 2.60 bits per heavy atom. The number of hydrogen-bond acceptors (Lipinski definition) is 7. The molecule has 2 heterocycles. The van der Waals surface area contributed by atoms with E-state index in [2.05, 4.69) is 10.3 Å². The molecule has 0 saturated carbocycles. The molecule has 9 heteroatoms.